The van der Waals surface area contributed by atoms with E-state index >= 15 is 0 Å². The normalized spacial score (nSPS) is 12.7. The number of aliphatic imine (C=N–C) groups is 1. The van der Waals surface area contributed by atoms with Crippen LogP contribution in [0.15, 0.2) is 40.9 Å². The summed E-state index contributed by atoms with van der Waals surface area (Å²) in [5.74, 6) is 0.0813. The second-order valence-corrected chi connectivity index (χ2v) is 4.05. The first-order valence-electron chi connectivity index (χ1n) is 5.83. The molecular formula is C15H19NO. The summed E-state index contributed by atoms with van der Waals surface area (Å²) in [7, 11) is 1.75. The molecule has 2 nitrogen and oxygen atoms in total. The van der Waals surface area contributed by atoms with E-state index in [0.29, 0.717) is 0 Å². The monoisotopic (exact) mass is 229 g/mol. The predicted molar refractivity (Wildman–Crippen MR) is 72.7 cm³/mol. The number of aryl methyl sites for hydroxylation is 1. The number of hydrogen-bond donors (Lipinski definition) is 0. The second kappa shape index (κ2) is 6.14. The molecule has 0 fully saturated rings. The highest BCUT2D eigenvalue weighted by Gasteiger charge is 2.03. The van der Waals surface area contributed by atoms with Gasteiger partial charge in [0, 0.05) is 7.05 Å². The molecule has 17 heavy (non-hydrogen) atoms. The molecule has 0 saturated heterocycles. The summed E-state index contributed by atoms with van der Waals surface area (Å²) < 4.78 is 0. The first-order valence-corrected chi connectivity index (χ1v) is 5.83. The molecule has 0 spiro atoms. The Labute approximate surface area is 103 Å². The van der Waals surface area contributed by atoms with Crippen molar-refractivity contribution in [3.8, 4) is 0 Å². The van der Waals surface area contributed by atoms with Gasteiger partial charge in [0.25, 0.3) is 0 Å². The summed E-state index contributed by atoms with van der Waals surface area (Å²) in [4.78, 5) is 15.5. The Morgan fingerprint density at radius 3 is 2.59 bits per heavy atom. The highest BCUT2D eigenvalue weighted by molar-refractivity contribution is 6.12. The smallest absolute Gasteiger partial charge is 0.155 e. The molecule has 0 N–H and O–H groups in total. The number of allylic oxidation sites excluding steroid dienone is 2. The zero-order valence-electron chi connectivity index (χ0n) is 10.9. The molecule has 1 aromatic carbocycles. The molecule has 0 saturated carbocycles. The lowest BCUT2D eigenvalue weighted by molar-refractivity contribution is -0.113. The Kier molecular flexibility index (Phi) is 4.83. The third-order valence-corrected chi connectivity index (χ3v) is 2.78. The lowest BCUT2D eigenvalue weighted by atomic mass is 10.0. The summed E-state index contributed by atoms with van der Waals surface area (Å²) in [5.41, 5.74) is 3.92. The van der Waals surface area contributed by atoms with Gasteiger partial charge in [-0.2, -0.15) is 0 Å². The van der Waals surface area contributed by atoms with Gasteiger partial charge in [0.15, 0.2) is 5.78 Å². The van der Waals surface area contributed by atoms with Crippen LogP contribution in [0.1, 0.15) is 31.9 Å². The van der Waals surface area contributed by atoms with E-state index in [2.05, 4.69) is 24.0 Å². The average Bonchev–Trinajstić information content (AvgIpc) is 2.35. The van der Waals surface area contributed by atoms with E-state index in [1.807, 2.05) is 25.1 Å². The van der Waals surface area contributed by atoms with Crippen molar-refractivity contribution < 1.29 is 4.79 Å². The minimum atomic E-state index is 0.0813. The maximum absolute atomic E-state index is 11.2. The van der Waals surface area contributed by atoms with Crippen LogP contribution < -0.4 is 0 Å². The first kappa shape index (κ1) is 13.4. The molecule has 0 bridgehead atoms. The molecule has 2 heteroatoms. The zero-order valence-corrected chi connectivity index (χ0v) is 10.9. The van der Waals surface area contributed by atoms with Crippen molar-refractivity contribution in [3.63, 3.8) is 0 Å². The number of ketones is 1. The van der Waals surface area contributed by atoms with Crippen LogP contribution in [0.5, 0.6) is 0 Å². The standard InChI is InChI=1S/C15H19NO/c1-5-13-7-6-8-14(10-13)15(16-4)9-11(2)12(3)17/h6-10H,5H2,1-4H3/b11-9-,16-15?. The van der Waals surface area contributed by atoms with E-state index in [-0.39, 0.29) is 5.78 Å². The fourth-order valence-electron chi connectivity index (χ4n) is 1.53. The zero-order chi connectivity index (χ0) is 12.8. The highest BCUT2D eigenvalue weighted by Crippen LogP contribution is 2.09. The van der Waals surface area contributed by atoms with Gasteiger partial charge >= 0.3 is 0 Å². The molecule has 90 valence electrons. The molecule has 0 aliphatic rings. The van der Waals surface area contributed by atoms with Crippen LogP contribution in [0, 0.1) is 0 Å². The van der Waals surface area contributed by atoms with Gasteiger partial charge in [-0.1, -0.05) is 25.1 Å². The van der Waals surface area contributed by atoms with Crippen LogP contribution in [0.4, 0.5) is 0 Å². The highest BCUT2D eigenvalue weighted by atomic mass is 16.1. The molecule has 0 unspecified atom stereocenters. The molecular weight excluding hydrogens is 210 g/mol. The van der Waals surface area contributed by atoms with Gasteiger partial charge in [-0.15, -0.1) is 0 Å². The summed E-state index contributed by atoms with van der Waals surface area (Å²) in [6.07, 6.45) is 2.84. The number of nitrogens with zero attached hydrogens (tertiary/aromatic N) is 1. The van der Waals surface area contributed by atoms with Gasteiger partial charge < -0.3 is 0 Å². The topological polar surface area (TPSA) is 29.4 Å². The Morgan fingerprint density at radius 1 is 1.35 bits per heavy atom. The van der Waals surface area contributed by atoms with Crippen molar-refractivity contribution >= 4 is 11.5 Å². The molecule has 0 atom stereocenters. The van der Waals surface area contributed by atoms with E-state index in [4.69, 9.17) is 0 Å². The van der Waals surface area contributed by atoms with Crippen molar-refractivity contribution in [1.29, 1.82) is 0 Å². The number of rotatable bonds is 4. The van der Waals surface area contributed by atoms with Gasteiger partial charge in [0.1, 0.15) is 0 Å². The number of Topliss-reactive ketones (excluding diaryl/α,β-unsaturated/α-hetero) is 1. The third kappa shape index (κ3) is 3.66. The van der Waals surface area contributed by atoms with Gasteiger partial charge in [0.2, 0.25) is 0 Å². The van der Waals surface area contributed by atoms with E-state index in [0.717, 1.165) is 23.3 Å². The molecule has 1 aromatic rings. The number of hydrogen-bond acceptors (Lipinski definition) is 2. The summed E-state index contributed by atoms with van der Waals surface area (Å²) in [5, 5.41) is 0. The fourth-order valence-corrected chi connectivity index (χ4v) is 1.53. The van der Waals surface area contributed by atoms with Crippen molar-refractivity contribution in [2.75, 3.05) is 7.05 Å². The van der Waals surface area contributed by atoms with Crippen LogP contribution in [0.3, 0.4) is 0 Å². The summed E-state index contributed by atoms with van der Waals surface area (Å²) >= 11 is 0. The van der Waals surface area contributed by atoms with E-state index in [1.165, 1.54) is 5.56 Å². The number of carbonyl (C=O) groups is 1. The minimum Gasteiger partial charge on any atom is -0.295 e. The van der Waals surface area contributed by atoms with Crippen molar-refractivity contribution in [1.82, 2.24) is 0 Å². The van der Waals surface area contributed by atoms with Crippen LogP contribution in [0.2, 0.25) is 0 Å². The Balaban J connectivity index is 3.11. The Morgan fingerprint density at radius 2 is 2.06 bits per heavy atom. The van der Waals surface area contributed by atoms with Gasteiger partial charge in [-0.3, -0.25) is 9.79 Å². The van der Waals surface area contributed by atoms with E-state index in [1.54, 1.807) is 14.0 Å². The third-order valence-electron chi connectivity index (χ3n) is 2.78. The van der Waals surface area contributed by atoms with Gasteiger partial charge in [0.05, 0.1) is 5.71 Å². The summed E-state index contributed by atoms with van der Waals surface area (Å²) in [6, 6.07) is 8.26. The quantitative estimate of drug-likeness (QED) is 0.576. The van der Waals surface area contributed by atoms with Crippen LogP contribution in [-0.2, 0) is 11.2 Å². The molecule has 0 amide bonds. The van der Waals surface area contributed by atoms with Gasteiger partial charge in [-0.05, 0) is 49.1 Å². The fraction of sp³-hybridized carbons (Fsp3) is 0.333. The number of carbonyl (C=O) groups excluding carboxylic acids is 1. The maximum atomic E-state index is 11.2. The second-order valence-electron chi connectivity index (χ2n) is 4.05. The molecule has 0 aromatic heterocycles. The lowest BCUT2D eigenvalue weighted by Gasteiger charge is -2.04. The average molecular weight is 229 g/mol. The Hall–Kier alpha value is -1.70. The van der Waals surface area contributed by atoms with E-state index in [9.17, 15) is 4.79 Å². The van der Waals surface area contributed by atoms with Crippen molar-refractivity contribution in [3.05, 3.63) is 47.0 Å². The van der Waals surface area contributed by atoms with Crippen LogP contribution in [-0.4, -0.2) is 18.5 Å². The van der Waals surface area contributed by atoms with Crippen molar-refractivity contribution in [2.24, 2.45) is 4.99 Å². The molecule has 1 rings (SSSR count). The Bertz CT molecular complexity index is 470. The SMILES string of the molecule is CCc1cccc(C(/C=C(/C)C(C)=O)=NC)c1. The first-order chi connectivity index (χ1) is 8.08. The number of benzene rings is 1. The summed E-state index contributed by atoms with van der Waals surface area (Å²) in [6.45, 7) is 5.51. The van der Waals surface area contributed by atoms with E-state index < -0.39 is 0 Å². The molecule has 0 heterocycles. The largest absolute Gasteiger partial charge is 0.295 e. The van der Waals surface area contributed by atoms with Gasteiger partial charge in [-0.25, -0.2) is 0 Å². The predicted octanol–water partition coefficient (Wildman–Crippen LogP) is 3.20. The lowest BCUT2D eigenvalue weighted by Crippen LogP contribution is -2.02. The molecule has 0 aliphatic carbocycles. The molecule has 0 radical (unpaired) electrons. The van der Waals surface area contributed by atoms with Crippen LogP contribution >= 0.6 is 0 Å². The maximum Gasteiger partial charge on any atom is 0.155 e. The van der Waals surface area contributed by atoms with Crippen molar-refractivity contribution in [2.45, 2.75) is 27.2 Å². The van der Waals surface area contributed by atoms with Crippen LogP contribution in [0.25, 0.3) is 0 Å². The minimum absolute atomic E-state index is 0.0813. The molecule has 0 aliphatic heterocycles.